The number of hydrogen-bond donors (Lipinski definition) is 0. The minimum Gasteiger partial charge on any atom is -0.348 e. The van der Waals surface area contributed by atoms with Gasteiger partial charge in [0.05, 0.1) is 12.7 Å². The Hall–Kier alpha value is -1.38. The predicted molar refractivity (Wildman–Crippen MR) is 77.0 cm³/mol. The highest BCUT2D eigenvalue weighted by Crippen LogP contribution is 2.33. The summed E-state index contributed by atoms with van der Waals surface area (Å²) in [6, 6.07) is 14.7. The highest BCUT2D eigenvalue weighted by Gasteiger charge is 2.27. The van der Waals surface area contributed by atoms with Crippen LogP contribution in [0.2, 0.25) is 0 Å². The molecule has 1 aliphatic heterocycles. The summed E-state index contributed by atoms with van der Waals surface area (Å²) in [4.78, 5) is 0. The molecule has 0 bridgehead atoms. The predicted octanol–water partition coefficient (Wildman–Crippen LogP) is 4.30. The minimum atomic E-state index is -0.229. The molecule has 2 aromatic rings. The fourth-order valence-corrected chi connectivity index (χ4v) is 2.67. The topological polar surface area (TPSA) is 18.5 Å². The first-order valence-corrected chi connectivity index (χ1v) is 7.00. The minimum absolute atomic E-state index is 0.229. The molecule has 0 spiro atoms. The van der Waals surface area contributed by atoms with Gasteiger partial charge in [-0.2, -0.15) is 0 Å². The van der Waals surface area contributed by atoms with Crippen LogP contribution in [0.3, 0.4) is 0 Å². The van der Waals surface area contributed by atoms with Crippen molar-refractivity contribution < 1.29 is 9.47 Å². The molecule has 0 unspecified atom stereocenters. The molecule has 0 saturated carbocycles. The van der Waals surface area contributed by atoms with Crippen LogP contribution in [0.1, 0.15) is 32.1 Å². The first kappa shape index (κ1) is 12.6. The molecule has 2 aromatic carbocycles. The van der Waals surface area contributed by atoms with Gasteiger partial charge in [0.25, 0.3) is 0 Å². The van der Waals surface area contributed by atoms with Crippen molar-refractivity contribution in [1.82, 2.24) is 0 Å². The summed E-state index contributed by atoms with van der Waals surface area (Å²) in [7, 11) is 0. The van der Waals surface area contributed by atoms with Gasteiger partial charge in [-0.3, -0.25) is 0 Å². The standard InChI is InChI=1S/C17H20O2/c1-12(2)16-10-11-18-17(19-16)15-9-5-7-13-6-3-4-8-14(13)15/h3-9,12,16-17H,10-11H2,1-2H3/t16-,17-/m0/s1. The van der Waals surface area contributed by atoms with Crippen LogP contribution < -0.4 is 0 Å². The van der Waals surface area contributed by atoms with Crippen LogP contribution in [0.5, 0.6) is 0 Å². The Balaban J connectivity index is 1.95. The van der Waals surface area contributed by atoms with Crippen LogP contribution in [-0.2, 0) is 9.47 Å². The third-order valence-electron chi connectivity index (χ3n) is 3.79. The molecule has 0 aromatic heterocycles. The van der Waals surface area contributed by atoms with Gasteiger partial charge in [-0.05, 0) is 23.1 Å². The second-order valence-electron chi connectivity index (χ2n) is 5.48. The Bertz CT molecular complexity index is 557. The molecule has 19 heavy (non-hydrogen) atoms. The zero-order valence-electron chi connectivity index (χ0n) is 11.5. The molecule has 0 radical (unpaired) electrons. The lowest BCUT2D eigenvalue weighted by Gasteiger charge is -2.33. The number of ether oxygens (including phenoxy) is 2. The van der Waals surface area contributed by atoms with E-state index in [1.54, 1.807) is 0 Å². The van der Waals surface area contributed by atoms with E-state index < -0.39 is 0 Å². The number of benzene rings is 2. The van der Waals surface area contributed by atoms with E-state index in [1.807, 2.05) is 0 Å². The average Bonchev–Trinajstić information content (AvgIpc) is 2.47. The van der Waals surface area contributed by atoms with Crippen molar-refractivity contribution in [2.45, 2.75) is 32.7 Å². The van der Waals surface area contributed by atoms with Crippen LogP contribution >= 0.6 is 0 Å². The van der Waals surface area contributed by atoms with Crippen molar-refractivity contribution in [1.29, 1.82) is 0 Å². The Morgan fingerprint density at radius 3 is 2.68 bits per heavy atom. The number of fused-ring (bicyclic) bond motifs is 1. The van der Waals surface area contributed by atoms with Gasteiger partial charge in [0.2, 0.25) is 0 Å². The van der Waals surface area contributed by atoms with E-state index in [9.17, 15) is 0 Å². The highest BCUT2D eigenvalue weighted by molar-refractivity contribution is 5.85. The molecule has 1 fully saturated rings. The second-order valence-corrected chi connectivity index (χ2v) is 5.48. The van der Waals surface area contributed by atoms with Crippen LogP contribution in [0.15, 0.2) is 42.5 Å². The summed E-state index contributed by atoms with van der Waals surface area (Å²) < 4.78 is 12.0. The van der Waals surface area contributed by atoms with Gasteiger partial charge in [0, 0.05) is 5.56 Å². The van der Waals surface area contributed by atoms with Crippen molar-refractivity contribution in [2.24, 2.45) is 5.92 Å². The van der Waals surface area contributed by atoms with E-state index in [1.165, 1.54) is 10.8 Å². The average molecular weight is 256 g/mol. The summed E-state index contributed by atoms with van der Waals surface area (Å²) in [5.74, 6) is 0.529. The van der Waals surface area contributed by atoms with Crippen LogP contribution in [0.25, 0.3) is 10.8 Å². The van der Waals surface area contributed by atoms with Crippen molar-refractivity contribution in [3.63, 3.8) is 0 Å². The van der Waals surface area contributed by atoms with Gasteiger partial charge in [-0.15, -0.1) is 0 Å². The van der Waals surface area contributed by atoms with Crippen molar-refractivity contribution >= 4 is 10.8 Å². The van der Waals surface area contributed by atoms with Gasteiger partial charge in [0.15, 0.2) is 6.29 Å². The smallest absolute Gasteiger partial charge is 0.184 e. The van der Waals surface area contributed by atoms with Gasteiger partial charge in [-0.1, -0.05) is 56.3 Å². The first-order valence-electron chi connectivity index (χ1n) is 7.00. The molecule has 1 aliphatic rings. The zero-order chi connectivity index (χ0) is 13.2. The van der Waals surface area contributed by atoms with E-state index in [-0.39, 0.29) is 12.4 Å². The first-order chi connectivity index (χ1) is 9.25. The van der Waals surface area contributed by atoms with Crippen molar-refractivity contribution in [2.75, 3.05) is 6.61 Å². The van der Waals surface area contributed by atoms with Gasteiger partial charge >= 0.3 is 0 Å². The molecule has 100 valence electrons. The lowest BCUT2D eigenvalue weighted by Crippen LogP contribution is -2.30. The largest absolute Gasteiger partial charge is 0.348 e. The SMILES string of the molecule is CC(C)[C@@H]1CCO[C@H](c2cccc3ccccc23)O1. The summed E-state index contributed by atoms with van der Waals surface area (Å²) in [6.07, 6.45) is 1.05. The van der Waals surface area contributed by atoms with Crippen molar-refractivity contribution in [3.05, 3.63) is 48.0 Å². The molecule has 1 saturated heterocycles. The number of hydrogen-bond acceptors (Lipinski definition) is 2. The van der Waals surface area contributed by atoms with Gasteiger partial charge in [-0.25, -0.2) is 0 Å². The number of rotatable bonds is 2. The normalized spacial score (nSPS) is 23.9. The molecule has 2 nitrogen and oxygen atoms in total. The molecule has 0 amide bonds. The maximum atomic E-state index is 6.12. The lowest BCUT2D eigenvalue weighted by molar-refractivity contribution is -0.226. The third kappa shape index (κ3) is 2.51. The monoisotopic (exact) mass is 256 g/mol. The van der Waals surface area contributed by atoms with E-state index in [4.69, 9.17) is 9.47 Å². The van der Waals surface area contributed by atoms with Crippen LogP contribution in [0, 0.1) is 5.92 Å². The molecule has 0 N–H and O–H groups in total. The molecule has 2 atom stereocenters. The van der Waals surface area contributed by atoms with E-state index >= 15 is 0 Å². The zero-order valence-corrected chi connectivity index (χ0v) is 11.5. The van der Waals surface area contributed by atoms with Crippen LogP contribution in [0.4, 0.5) is 0 Å². The fraction of sp³-hybridized carbons (Fsp3) is 0.412. The summed E-state index contributed by atoms with van der Waals surface area (Å²) >= 11 is 0. The maximum absolute atomic E-state index is 6.12. The summed E-state index contributed by atoms with van der Waals surface area (Å²) in [5, 5.41) is 2.46. The molecular formula is C17H20O2. The quantitative estimate of drug-likeness (QED) is 0.797. The Morgan fingerprint density at radius 2 is 1.84 bits per heavy atom. The van der Waals surface area contributed by atoms with E-state index in [0.29, 0.717) is 5.92 Å². The van der Waals surface area contributed by atoms with E-state index in [2.05, 4.69) is 56.3 Å². The second kappa shape index (κ2) is 5.32. The van der Waals surface area contributed by atoms with Gasteiger partial charge in [0.1, 0.15) is 0 Å². The Labute approximate surface area is 114 Å². The Kier molecular flexibility index (Phi) is 3.54. The Morgan fingerprint density at radius 1 is 1.05 bits per heavy atom. The molecule has 3 rings (SSSR count). The van der Waals surface area contributed by atoms with E-state index in [0.717, 1.165) is 18.6 Å². The third-order valence-corrected chi connectivity index (χ3v) is 3.79. The van der Waals surface area contributed by atoms with Crippen LogP contribution in [-0.4, -0.2) is 12.7 Å². The fourth-order valence-electron chi connectivity index (χ4n) is 2.67. The molecular weight excluding hydrogens is 236 g/mol. The van der Waals surface area contributed by atoms with Crippen molar-refractivity contribution in [3.8, 4) is 0 Å². The lowest BCUT2D eigenvalue weighted by atomic mass is 10.0. The highest BCUT2D eigenvalue weighted by atomic mass is 16.7. The van der Waals surface area contributed by atoms with Gasteiger partial charge < -0.3 is 9.47 Å². The summed E-state index contributed by atoms with van der Waals surface area (Å²) in [5.41, 5.74) is 1.14. The molecule has 0 aliphatic carbocycles. The maximum Gasteiger partial charge on any atom is 0.184 e. The summed E-state index contributed by atoms with van der Waals surface area (Å²) in [6.45, 7) is 5.18. The molecule has 1 heterocycles. The molecule has 2 heteroatoms.